The summed E-state index contributed by atoms with van der Waals surface area (Å²) in [5.41, 5.74) is 14.0. The lowest BCUT2D eigenvalue weighted by Gasteiger charge is -2.31. The summed E-state index contributed by atoms with van der Waals surface area (Å²) < 4.78 is 14.1. The van der Waals surface area contributed by atoms with Crippen molar-refractivity contribution in [2.45, 2.75) is 19.3 Å². The highest BCUT2D eigenvalue weighted by molar-refractivity contribution is 6.03. The molecule has 178 valence electrons. The lowest BCUT2D eigenvalue weighted by molar-refractivity contribution is 0.401. The number of benzene rings is 3. The molecule has 1 fully saturated rings. The van der Waals surface area contributed by atoms with Crippen molar-refractivity contribution in [2.75, 3.05) is 5.73 Å². The molecule has 1 heterocycles. The normalized spacial score (nSPS) is 14.4. The molecule has 0 amide bonds. The maximum absolute atomic E-state index is 14.1. The van der Waals surface area contributed by atoms with Crippen LogP contribution in [-0.2, 0) is 0 Å². The van der Waals surface area contributed by atoms with Gasteiger partial charge in [0.05, 0.1) is 5.56 Å². The summed E-state index contributed by atoms with van der Waals surface area (Å²) in [6, 6.07) is 28.2. The molecule has 1 saturated carbocycles. The van der Waals surface area contributed by atoms with E-state index in [0.717, 1.165) is 40.7 Å². The fourth-order valence-electron chi connectivity index (χ4n) is 4.71. The maximum Gasteiger partial charge on any atom is 0.214 e. The lowest BCUT2D eigenvalue weighted by atomic mass is 9.73. The predicted octanol–water partition coefficient (Wildman–Crippen LogP) is 7.89. The molecular formula is C32H28FN3. The highest BCUT2D eigenvalue weighted by Crippen LogP contribution is 2.45. The number of nitrogens with zero attached hydrogens (tertiary/aromatic N) is 1. The SMILES string of the molecule is N=C(F)c1cc(/C(=C(/c2ccccc2)C2CCC2)c2ccc(/C=C/c3cccnc3)cc2)ccc1N. The first-order valence-corrected chi connectivity index (χ1v) is 12.2. The van der Waals surface area contributed by atoms with E-state index in [4.69, 9.17) is 11.1 Å². The zero-order valence-electron chi connectivity index (χ0n) is 20.0. The molecule has 0 radical (unpaired) electrons. The third-order valence-electron chi connectivity index (χ3n) is 6.80. The minimum Gasteiger partial charge on any atom is -0.398 e. The van der Waals surface area contributed by atoms with Crippen LogP contribution < -0.4 is 5.73 Å². The molecule has 0 aliphatic heterocycles. The Morgan fingerprint density at radius 1 is 0.833 bits per heavy atom. The van der Waals surface area contributed by atoms with Gasteiger partial charge in [-0.3, -0.25) is 10.4 Å². The average molecular weight is 474 g/mol. The van der Waals surface area contributed by atoms with Crippen molar-refractivity contribution in [3.05, 3.63) is 131 Å². The number of rotatable bonds is 7. The van der Waals surface area contributed by atoms with Crippen LogP contribution in [0.25, 0.3) is 23.3 Å². The first-order valence-electron chi connectivity index (χ1n) is 12.2. The van der Waals surface area contributed by atoms with Gasteiger partial charge in [0.15, 0.2) is 0 Å². The first-order chi connectivity index (χ1) is 17.6. The Kier molecular flexibility index (Phi) is 6.85. The molecule has 0 atom stereocenters. The molecule has 3 N–H and O–H groups in total. The van der Waals surface area contributed by atoms with Gasteiger partial charge < -0.3 is 5.73 Å². The third kappa shape index (κ3) is 5.03. The van der Waals surface area contributed by atoms with Crippen molar-refractivity contribution >= 4 is 35.0 Å². The van der Waals surface area contributed by atoms with E-state index in [1.807, 2.05) is 36.5 Å². The second-order valence-electron chi connectivity index (χ2n) is 9.14. The van der Waals surface area contributed by atoms with Crippen LogP contribution in [-0.4, -0.2) is 10.9 Å². The van der Waals surface area contributed by atoms with Crippen LogP contribution >= 0.6 is 0 Å². The van der Waals surface area contributed by atoms with Crippen molar-refractivity contribution in [3.63, 3.8) is 0 Å². The molecule has 4 heteroatoms. The van der Waals surface area contributed by atoms with Crippen molar-refractivity contribution in [1.82, 2.24) is 4.98 Å². The predicted molar refractivity (Wildman–Crippen MR) is 148 cm³/mol. The van der Waals surface area contributed by atoms with E-state index in [1.165, 1.54) is 17.6 Å². The van der Waals surface area contributed by atoms with Gasteiger partial charge in [-0.15, -0.1) is 0 Å². The molecule has 0 unspecified atom stereocenters. The number of anilines is 1. The number of nitrogens with two attached hydrogens (primary N) is 1. The summed E-state index contributed by atoms with van der Waals surface area (Å²) in [5.74, 6) is -0.590. The van der Waals surface area contributed by atoms with Gasteiger partial charge in [-0.1, -0.05) is 85.3 Å². The van der Waals surface area contributed by atoms with Gasteiger partial charge in [0, 0.05) is 18.1 Å². The van der Waals surface area contributed by atoms with Gasteiger partial charge in [0.25, 0.3) is 0 Å². The lowest BCUT2D eigenvalue weighted by Crippen LogP contribution is -2.15. The van der Waals surface area contributed by atoms with E-state index in [9.17, 15) is 4.39 Å². The number of pyridine rings is 1. The fourth-order valence-corrected chi connectivity index (χ4v) is 4.71. The topological polar surface area (TPSA) is 62.8 Å². The molecule has 3 aromatic carbocycles. The Morgan fingerprint density at radius 3 is 2.19 bits per heavy atom. The van der Waals surface area contributed by atoms with Gasteiger partial charge in [-0.2, -0.15) is 4.39 Å². The van der Waals surface area contributed by atoms with E-state index in [2.05, 4.69) is 59.6 Å². The third-order valence-corrected chi connectivity index (χ3v) is 6.80. The van der Waals surface area contributed by atoms with E-state index >= 15 is 0 Å². The Balaban J connectivity index is 1.65. The summed E-state index contributed by atoms with van der Waals surface area (Å²) in [4.78, 5) is 4.16. The summed E-state index contributed by atoms with van der Waals surface area (Å²) in [7, 11) is 0. The van der Waals surface area contributed by atoms with Crippen LogP contribution in [0.2, 0.25) is 0 Å². The zero-order valence-corrected chi connectivity index (χ0v) is 20.0. The molecule has 0 bridgehead atoms. The van der Waals surface area contributed by atoms with Crippen LogP contribution in [0.3, 0.4) is 0 Å². The van der Waals surface area contributed by atoms with Gasteiger partial charge in [-0.25, -0.2) is 0 Å². The van der Waals surface area contributed by atoms with Crippen molar-refractivity contribution in [2.24, 2.45) is 5.92 Å². The number of allylic oxidation sites excluding steroid dienone is 1. The quantitative estimate of drug-likeness (QED) is 0.163. The molecule has 5 rings (SSSR count). The van der Waals surface area contributed by atoms with E-state index in [0.29, 0.717) is 5.92 Å². The minimum absolute atomic E-state index is 0.127. The Labute approximate surface area is 211 Å². The van der Waals surface area contributed by atoms with Crippen molar-refractivity contribution in [3.8, 4) is 0 Å². The molecule has 1 aliphatic rings. The molecule has 0 saturated heterocycles. The van der Waals surface area contributed by atoms with Crippen LogP contribution in [0.15, 0.2) is 97.3 Å². The van der Waals surface area contributed by atoms with Crippen molar-refractivity contribution in [1.29, 1.82) is 5.41 Å². The zero-order chi connectivity index (χ0) is 24.9. The van der Waals surface area contributed by atoms with Gasteiger partial charge >= 0.3 is 0 Å². The molecule has 3 nitrogen and oxygen atoms in total. The molecule has 36 heavy (non-hydrogen) atoms. The highest BCUT2D eigenvalue weighted by Gasteiger charge is 2.27. The Morgan fingerprint density at radius 2 is 1.56 bits per heavy atom. The van der Waals surface area contributed by atoms with Crippen LogP contribution in [0.1, 0.15) is 52.6 Å². The Bertz CT molecular complexity index is 1420. The number of nitrogen functional groups attached to an aromatic ring is 1. The summed E-state index contributed by atoms with van der Waals surface area (Å²) >= 11 is 0. The van der Waals surface area contributed by atoms with Gasteiger partial charge in [0.1, 0.15) is 0 Å². The van der Waals surface area contributed by atoms with Crippen molar-refractivity contribution < 1.29 is 4.39 Å². The largest absolute Gasteiger partial charge is 0.398 e. The molecule has 1 aliphatic carbocycles. The second-order valence-corrected chi connectivity index (χ2v) is 9.14. The monoisotopic (exact) mass is 473 g/mol. The van der Waals surface area contributed by atoms with E-state index in [1.54, 1.807) is 18.3 Å². The van der Waals surface area contributed by atoms with Crippen LogP contribution in [0.5, 0.6) is 0 Å². The molecule has 0 spiro atoms. The number of hydrogen-bond acceptors (Lipinski definition) is 3. The second kappa shape index (κ2) is 10.5. The summed E-state index contributed by atoms with van der Waals surface area (Å²) in [6.45, 7) is 0. The number of halogens is 1. The summed E-state index contributed by atoms with van der Waals surface area (Å²) in [6.07, 6.45) is 11.2. The highest BCUT2D eigenvalue weighted by atomic mass is 19.1. The fraction of sp³-hybridized carbons (Fsp3) is 0.125. The standard InChI is InChI=1S/C32H28FN3/c33-32(35)28-20-27(17-18-29(28)34)31(30(25-9-4-10-25)24-7-2-1-3-8-24)26-15-13-22(14-16-26)11-12-23-6-5-19-36-21-23/h1-3,5-8,11-21,25,35H,4,9-10,34H2/b12-11+,31-30-,35-32?. The molecule has 4 aromatic rings. The first kappa shape index (κ1) is 23.4. The average Bonchev–Trinajstić information content (AvgIpc) is 2.88. The van der Waals surface area contributed by atoms with E-state index in [-0.39, 0.29) is 11.3 Å². The van der Waals surface area contributed by atoms with Gasteiger partial charge in [0.2, 0.25) is 5.97 Å². The number of aromatic nitrogens is 1. The molecule has 1 aromatic heterocycles. The maximum atomic E-state index is 14.1. The number of nitrogens with one attached hydrogen (secondary N) is 1. The van der Waals surface area contributed by atoms with Gasteiger partial charge in [-0.05, 0) is 75.9 Å². The van der Waals surface area contributed by atoms with Crippen LogP contribution in [0, 0.1) is 11.3 Å². The van der Waals surface area contributed by atoms with Crippen LogP contribution in [0.4, 0.5) is 10.1 Å². The van der Waals surface area contributed by atoms with E-state index < -0.39 is 5.97 Å². The summed E-state index contributed by atoms with van der Waals surface area (Å²) in [5, 5.41) is 7.59. The molecular weight excluding hydrogens is 445 g/mol. The Hall–Kier alpha value is -4.31. The smallest absolute Gasteiger partial charge is 0.214 e. The minimum atomic E-state index is -1.02. The number of hydrogen-bond donors (Lipinski definition) is 2.